The number of carboxylic acid groups (broad SMARTS) is 1. The van der Waals surface area contributed by atoms with E-state index in [0.717, 1.165) is 16.9 Å². The Bertz CT molecular complexity index is 608. The summed E-state index contributed by atoms with van der Waals surface area (Å²) >= 11 is 0. The zero-order chi connectivity index (χ0) is 13.8. The zero-order valence-electron chi connectivity index (χ0n) is 10.9. The van der Waals surface area contributed by atoms with E-state index in [0.29, 0.717) is 12.2 Å². The van der Waals surface area contributed by atoms with Crippen LogP contribution in [0.4, 0.5) is 0 Å². The van der Waals surface area contributed by atoms with Crippen molar-refractivity contribution >= 4 is 5.97 Å². The molecule has 0 radical (unpaired) electrons. The maximum atomic E-state index is 10.9. The fourth-order valence-electron chi connectivity index (χ4n) is 1.89. The summed E-state index contributed by atoms with van der Waals surface area (Å²) in [7, 11) is 0. The Balaban J connectivity index is 2.39. The smallest absolute Gasteiger partial charge is 0.354 e. The third-order valence-corrected chi connectivity index (χ3v) is 2.76. The van der Waals surface area contributed by atoms with Gasteiger partial charge in [0.15, 0.2) is 5.69 Å². The van der Waals surface area contributed by atoms with Crippen LogP contribution in [0.25, 0.3) is 11.1 Å². The molecule has 0 atom stereocenters. The van der Waals surface area contributed by atoms with Crippen LogP contribution in [0.5, 0.6) is 5.75 Å². The van der Waals surface area contributed by atoms with Crippen molar-refractivity contribution in [3.63, 3.8) is 0 Å². The molecule has 0 amide bonds. The van der Waals surface area contributed by atoms with Crippen LogP contribution in [0.3, 0.4) is 0 Å². The molecule has 0 fully saturated rings. The highest BCUT2D eigenvalue weighted by molar-refractivity contribution is 5.87. The second kappa shape index (κ2) is 5.52. The first kappa shape index (κ1) is 13.1. The minimum Gasteiger partial charge on any atom is -0.494 e. The van der Waals surface area contributed by atoms with Crippen LogP contribution < -0.4 is 4.74 Å². The molecule has 1 heterocycles. The quantitative estimate of drug-likeness (QED) is 0.914. The van der Waals surface area contributed by atoms with Crippen molar-refractivity contribution in [3.8, 4) is 16.9 Å². The molecule has 2 aromatic rings. The van der Waals surface area contributed by atoms with Crippen LogP contribution in [-0.4, -0.2) is 22.7 Å². The molecule has 2 rings (SSSR count). The molecule has 0 aliphatic heterocycles. The van der Waals surface area contributed by atoms with E-state index in [2.05, 4.69) is 4.98 Å². The van der Waals surface area contributed by atoms with Crippen molar-refractivity contribution in [1.29, 1.82) is 0 Å². The number of pyridine rings is 1. The minimum atomic E-state index is -1.01. The number of hydrogen-bond donors (Lipinski definition) is 1. The topological polar surface area (TPSA) is 59.4 Å². The number of hydrogen-bond acceptors (Lipinski definition) is 3. The number of carboxylic acids is 1. The van der Waals surface area contributed by atoms with Gasteiger partial charge >= 0.3 is 5.97 Å². The van der Waals surface area contributed by atoms with E-state index in [1.807, 2.05) is 37.3 Å². The molecule has 0 aliphatic rings. The predicted octanol–water partition coefficient (Wildman–Crippen LogP) is 3.15. The normalized spacial score (nSPS) is 10.2. The highest BCUT2D eigenvalue weighted by Gasteiger charge is 2.10. The summed E-state index contributed by atoms with van der Waals surface area (Å²) in [5.74, 6) is -0.216. The lowest BCUT2D eigenvalue weighted by Crippen LogP contribution is -2.03. The third-order valence-electron chi connectivity index (χ3n) is 2.76. The van der Waals surface area contributed by atoms with E-state index in [1.165, 1.54) is 0 Å². The summed E-state index contributed by atoms with van der Waals surface area (Å²) in [6.45, 7) is 4.28. The summed E-state index contributed by atoms with van der Waals surface area (Å²) in [6, 6.07) is 9.47. The van der Waals surface area contributed by atoms with Crippen molar-refractivity contribution in [2.75, 3.05) is 6.61 Å². The highest BCUT2D eigenvalue weighted by atomic mass is 16.5. The molecular weight excluding hydrogens is 242 g/mol. The molecule has 0 unspecified atom stereocenters. The number of benzene rings is 1. The molecule has 4 nitrogen and oxygen atoms in total. The van der Waals surface area contributed by atoms with Gasteiger partial charge in [-0.3, -0.25) is 0 Å². The third kappa shape index (κ3) is 2.91. The summed E-state index contributed by atoms with van der Waals surface area (Å²) in [4.78, 5) is 14.9. The van der Waals surface area contributed by atoms with Gasteiger partial charge < -0.3 is 9.84 Å². The number of aromatic nitrogens is 1. The lowest BCUT2D eigenvalue weighted by Gasteiger charge is -2.07. The van der Waals surface area contributed by atoms with Crippen LogP contribution in [-0.2, 0) is 0 Å². The van der Waals surface area contributed by atoms with Gasteiger partial charge in [-0.1, -0.05) is 12.1 Å². The SMILES string of the molecule is CCOc1cccc(-c2cnc(C(=O)O)c(C)c2)c1. The van der Waals surface area contributed by atoms with Gasteiger partial charge in [-0.2, -0.15) is 0 Å². The fourth-order valence-corrected chi connectivity index (χ4v) is 1.89. The Hall–Kier alpha value is -2.36. The Morgan fingerprint density at radius 3 is 2.74 bits per heavy atom. The van der Waals surface area contributed by atoms with Crippen molar-refractivity contribution < 1.29 is 14.6 Å². The number of ether oxygens (including phenoxy) is 1. The average Bonchev–Trinajstić information content (AvgIpc) is 2.39. The maximum absolute atomic E-state index is 10.9. The number of aromatic carboxylic acids is 1. The average molecular weight is 257 g/mol. The van der Waals surface area contributed by atoms with E-state index in [4.69, 9.17) is 9.84 Å². The molecule has 4 heteroatoms. The van der Waals surface area contributed by atoms with Crippen LogP contribution in [0, 0.1) is 6.92 Å². The van der Waals surface area contributed by atoms with Gasteiger partial charge in [-0.15, -0.1) is 0 Å². The second-order valence-corrected chi connectivity index (χ2v) is 4.16. The Morgan fingerprint density at radius 1 is 1.32 bits per heavy atom. The molecule has 0 aliphatic carbocycles. The predicted molar refractivity (Wildman–Crippen MR) is 72.5 cm³/mol. The van der Waals surface area contributed by atoms with Gasteiger partial charge in [0.05, 0.1) is 6.61 Å². The first-order valence-electron chi connectivity index (χ1n) is 6.05. The molecule has 1 aromatic heterocycles. The van der Waals surface area contributed by atoms with E-state index < -0.39 is 5.97 Å². The summed E-state index contributed by atoms with van der Waals surface area (Å²) < 4.78 is 5.45. The number of nitrogens with zero attached hydrogens (tertiary/aromatic N) is 1. The molecule has 1 N–H and O–H groups in total. The molecule has 98 valence electrons. The fraction of sp³-hybridized carbons (Fsp3) is 0.200. The van der Waals surface area contributed by atoms with Gasteiger partial charge in [0, 0.05) is 11.8 Å². The Kier molecular flexibility index (Phi) is 3.80. The van der Waals surface area contributed by atoms with Gasteiger partial charge in [0.2, 0.25) is 0 Å². The van der Waals surface area contributed by atoms with Crippen molar-refractivity contribution in [2.45, 2.75) is 13.8 Å². The number of aryl methyl sites for hydroxylation is 1. The van der Waals surface area contributed by atoms with E-state index in [9.17, 15) is 4.79 Å². The van der Waals surface area contributed by atoms with E-state index in [-0.39, 0.29) is 5.69 Å². The first-order valence-corrected chi connectivity index (χ1v) is 6.05. The molecule has 0 saturated carbocycles. The summed E-state index contributed by atoms with van der Waals surface area (Å²) in [5, 5.41) is 8.96. The highest BCUT2D eigenvalue weighted by Crippen LogP contribution is 2.24. The standard InChI is InChI=1S/C15H15NO3/c1-3-19-13-6-4-5-11(8-13)12-7-10(2)14(15(17)18)16-9-12/h4-9H,3H2,1-2H3,(H,17,18). The van der Waals surface area contributed by atoms with Crippen molar-refractivity contribution in [3.05, 3.63) is 47.8 Å². The molecule has 0 saturated heterocycles. The number of carbonyl (C=O) groups is 1. The minimum absolute atomic E-state index is 0.0877. The molecule has 0 bridgehead atoms. The van der Waals surface area contributed by atoms with Gasteiger partial charge in [0.1, 0.15) is 5.75 Å². The largest absolute Gasteiger partial charge is 0.494 e. The van der Waals surface area contributed by atoms with Crippen LogP contribution in [0.2, 0.25) is 0 Å². The lowest BCUT2D eigenvalue weighted by molar-refractivity contribution is 0.0689. The van der Waals surface area contributed by atoms with Gasteiger partial charge in [-0.05, 0) is 43.2 Å². The zero-order valence-corrected chi connectivity index (χ0v) is 10.9. The van der Waals surface area contributed by atoms with Crippen LogP contribution in [0.15, 0.2) is 36.5 Å². The molecular formula is C15H15NO3. The summed E-state index contributed by atoms with van der Waals surface area (Å²) in [6.07, 6.45) is 1.57. The molecule has 1 aromatic carbocycles. The van der Waals surface area contributed by atoms with Crippen molar-refractivity contribution in [2.24, 2.45) is 0 Å². The van der Waals surface area contributed by atoms with Crippen LogP contribution >= 0.6 is 0 Å². The molecule has 0 spiro atoms. The van der Waals surface area contributed by atoms with Crippen LogP contribution in [0.1, 0.15) is 23.0 Å². The molecule has 19 heavy (non-hydrogen) atoms. The lowest BCUT2D eigenvalue weighted by atomic mass is 10.0. The van der Waals surface area contributed by atoms with Gasteiger partial charge in [-0.25, -0.2) is 9.78 Å². The summed E-state index contributed by atoms with van der Waals surface area (Å²) in [5.41, 5.74) is 2.57. The monoisotopic (exact) mass is 257 g/mol. The first-order chi connectivity index (χ1) is 9.11. The van der Waals surface area contributed by atoms with E-state index in [1.54, 1.807) is 13.1 Å². The van der Waals surface area contributed by atoms with Gasteiger partial charge in [0.25, 0.3) is 0 Å². The maximum Gasteiger partial charge on any atom is 0.354 e. The van der Waals surface area contributed by atoms with Crippen molar-refractivity contribution in [1.82, 2.24) is 4.98 Å². The Morgan fingerprint density at radius 2 is 2.11 bits per heavy atom. The Labute approximate surface area is 111 Å². The number of rotatable bonds is 4. The van der Waals surface area contributed by atoms with E-state index >= 15 is 0 Å². The second-order valence-electron chi connectivity index (χ2n) is 4.16.